The van der Waals surface area contributed by atoms with Crippen LogP contribution >= 0.6 is 11.3 Å². The number of hydrogen-bond acceptors (Lipinski definition) is 5. The largest absolute Gasteiger partial charge is 0.508 e. The number of aryl methyl sites for hydroxylation is 1. The summed E-state index contributed by atoms with van der Waals surface area (Å²) < 4.78 is 0. The smallest absolute Gasteiger partial charge is 0.266 e. The normalized spacial score (nSPS) is 13.4. The minimum atomic E-state index is -0.555. The van der Waals surface area contributed by atoms with Crippen LogP contribution in [0.5, 0.6) is 5.75 Å². The third kappa shape index (κ3) is 3.55. The van der Waals surface area contributed by atoms with E-state index in [2.05, 4.69) is 11.4 Å². The first-order valence-corrected chi connectivity index (χ1v) is 8.71. The molecule has 0 saturated heterocycles. The summed E-state index contributed by atoms with van der Waals surface area (Å²) in [5.74, 6) is -0.495. The lowest BCUT2D eigenvalue weighted by Gasteiger charge is -2.09. The second-order valence-electron chi connectivity index (χ2n) is 5.75. The predicted octanol–water partition coefficient (Wildman–Crippen LogP) is 3.75. The van der Waals surface area contributed by atoms with Gasteiger partial charge in [0, 0.05) is 4.88 Å². The molecule has 6 heteroatoms. The van der Waals surface area contributed by atoms with Gasteiger partial charge in [-0.15, -0.1) is 11.3 Å². The third-order valence-corrected chi connectivity index (χ3v) is 5.26. The number of nitriles is 2. The van der Waals surface area contributed by atoms with Crippen molar-refractivity contribution in [3.05, 3.63) is 51.4 Å². The molecule has 0 atom stereocenters. The maximum Gasteiger partial charge on any atom is 0.266 e. The molecule has 2 aromatic rings. The van der Waals surface area contributed by atoms with Crippen molar-refractivity contribution in [2.45, 2.75) is 25.7 Å². The zero-order chi connectivity index (χ0) is 17.8. The average Bonchev–Trinajstić information content (AvgIpc) is 2.96. The van der Waals surface area contributed by atoms with Crippen LogP contribution in [0.3, 0.4) is 0 Å². The zero-order valence-corrected chi connectivity index (χ0v) is 14.2. The number of thiophene rings is 1. The molecule has 0 unspecified atom stereocenters. The topological polar surface area (TPSA) is 96.9 Å². The number of phenols is 1. The molecule has 5 nitrogen and oxygen atoms in total. The van der Waals surface area contributed by atoms with E-state index in [-0.39, 0.29) is 11.3 Å². The van der Waals surface area contributed by atoms with E-state index in [1.165, 1.54) is 29.5 Å². The number of fused-ring (bicyclic) bond motifs is 1. The molecule has 0 radical (unpaired) electrons. The van der Waals surface area contributed by atoms with E-state index in [0.717, 1.165) is 36.1 Å². The standard InChI is InChI=1S/C19H15N3O2S/c20-10-13(8-12-4-3-5-14(23)9-12)18(24)22-19-16(11-21)15-6-1-2-7-17(15)25-19/h3-5,8-9,23H,1-2,6-7H2,(H,22,24)/b13-8+. The summed E-state index contributed by atoms with van der Waals surface area (Å²) in [7, 11) is 0. The molecule has 1 heterocycles. The molecule has 0 spiro atoms. The van der Waals surface area contributed by atoms with Gasteiger partial charge in [-0.2, -0.15) is 10.5 Å². The highest BCUT2D eigenvalue weighted by molar-refractivity contribution is 7.16. The number of phenolic OH excluding ortho intramolecular Hbond substituents is 1. The molecule has 1 aromatic carbocycles. The van der Waals surface area contributed by atoms with Crippen molar-refractivity contribution in [2.24, 2.45) is 0 Å². The van der Waals surface area contributed by atoms with Crippen molar-refractivity contribution in [2.75, 3.05) is 5.32 Å². The van der Waals surface area contributed by atoms with E-state index in [1.54, 1.807) is 12.1 Å². The highest BCUT2D eigenvalue weighted by Gasteiger charge is 2.22. The van der Waals surface area contributed by atoms with Crippen LogP contribution in [0.4, 0.5) is 5.00 Å². The van der Waals surface area contributed by atoms with Gasteiger partial charge in [-0.05, 0) is 55.0 Å². The number of carbonyl (C=O) groups is 1. The van der Waals surface area contributed by atoms with Crippen LogP contribution in [0.15, 0.2) is 29.8 Å². The summed E-state index contributed by atoms with van der Waals surface area (Å²) in [4.78, 5) is 13.6. The van der Waals surface area contributed by atoms with Crippen molar-refractivity contribution in [3.63, 3.8) is 0 Å². The first kappa shape index (κ1) is 16.8. The number of nitrogens with zero attached hydrogens (tertiary/aromatic N) is 2. The van der Waals surface area contributed by atoms with Crippen molar-refractivity contribution in [1.29, 1.82) is 10.5 Å². The lowest BCUT2D eigenvalue weighted by Crippen LogP contribution is -2.13. The molecule has 0 bridgehead atoms. The Morgan fingerprint density at radius 2 is 2.08 bits per heavy atom. The van der Waals surface area contributed by atoms with Crippen LogP contribution in [0.25, 0.3) is 6.08 Å². The summed E-state index contributed by atoms with van der Waals surface area (Å²) >= 11 is 1.42. The van der Waals surface area contributed by atoms with Crippen LogP contribution in [-0.2, 0) is 17.6 Å². The van der Waals surface area contributed by atoms with E-state index in [0.29, 0.717) is 16.1 Å². The van der Waals surface area contributed by atoms with Crippen LogP contribution in [-0.4, -0.2) is 11.0 Å². The van der Waals surface area contributed by atoms with Crippen molar-refractivity contribution < 1.29 is 9.90 Å². The molecule has 0 aliphatic heterocycles. The van der Waals surface area contributed by atoms with Gasteiger partial charge in [0.05, 0.1) is 5.56 Å². The predicted molar refractivity (Wildman–Crippen MR) is 96.0 cm³/mol. The van der Waals surface area contributed by atoms with Gasteiger partial charge in [-0.3, -0.25) is 4.79 Å². The number of aromatic hydroxyl groups is 1. The Morgan fingerprint density at radius 1 is 1.28 bits per heavy atom. The first-order chi connectivity index (χ1) is 12.1. The Hall–Kier alpha value is -3.09. The van der Waals surface area contributed by atoms with E-state index in [4.69, 9.17) is 0 Å². The fourth-order valence-electron chi connectivity index (χ4n) is 2.87. The highest BCUT2D eigenvalue weighted by atomic mass is 32.1. The van der Waals surface area contributed by atoms with Crippen molar-refractivity contribution in [3.8, 4) is 17.9 Å². The van der Waals surface area contributed by atoms with Crippen molar-refractivity contribution >= 4 is 28.3 Å². The highest BCUT2D eigenvalue weighted by Crippen LogP contribution is 2.37. The van der Waals surface area contributed by atoms with Gasteiger partial charge in [-0.1, -0.05) is 12.1 Å². The Morgan fingerprint density at radius 3 is 2.80 bits per heavy atom. The number of benzene rings is 1. The van der Waals surface area contributed by atoms with Gasteiger partial charge in [0.1, 0.15) is 28.5 Å². The molecule has 1 aromatic heterocycles. The minimum absolute atomic E-state index is 0.0594. The quantitative estimate of drug-likeness (QED) is 0.651. The zero-order valence-electron chi connectivity index (χ0n) is 13.4. The summed E-state index contributed by atoms with van der Waals surface area (Å²) in [5, 5.41) is 31.4. The van der Waals surface area contributed by atoms with Gasteiger partial charge in [0.2, 0.25) is 0 Å². The monoisotopic (exact) mass is 349 g/mol. The van der Waals surface area contributed by atoms with E-state index in [1.807, 2.05) is 6.07 Å². The summed E-state index contributed by atoms with van der Waals surface area (Å²) in [6.07, 6.45) is 5.33. The number of nitrogens with one attached hydrogen (secondary N) is 1. The number of rotatable bonds is 3. The maximum atomic E-state index is 12.4. The fraction of sp³-hybridized carbons (Fsp3) is 0.211. The lowest BCUT2D eigenvalue weighted by atomic mass is 9.96. The molecule has 1 aliphatic rings. The molecule has 2 N–H and O–H groups in total. The first-order valence-electron chi connectivity index (χ1n) is 7.89. The average molecular weight is 349 g/mol. The molecule has 124 valence electrons. The van der Waals surface area contributed by atoms with E-state index >= 15 is 0 Å². The molecular formula is C19H15N3O2S. The minimum Gasteiger partial charge on any atom is -0.508 e. The second kappa shape index (κ2) is 7.21. The summed E-state index contributed by atoms with van der Waals surface area (Å²) in [6, 6.07) is 10.4. The Labute approximate surface area is 149 Å². The van der Waals surface area contributed by atoms with Gasteiger partial charge in [0.15, 0.2) is 0 Å². The molecular weight excluding hydrogens is 334 g/mol. The van der Waals surface area contributed by atoms with Gasteiger partial charge >= 0.3 is 0 Å². The maximum absolute atomic E-state index is 12.4. The van der Waals surface area contributed by atoms with Crippen molar-refractivity contribution in [1.82, 2.24) is 0 Å². The van der Waals surface area contributed by atoms with Crippen LogP contribution in [0.2, 0.25) is 0 Å². The SMILES string of the molecule is N#C/C(=C\c1cccc(O)c1)C(=O)Nc1sc2c(c1C#N)CCCC2. The number of carbonyl (C=O) groups excluding carboxylic acids is 1. The summed E-state index contributed by atoms with van der Waals surface area (Å²) in [5.41, 5.74) is 2.02. The Balaban J connectivity index is 1.88. The molecule has 25 heavy (non-hydrogen) atoms. The Bertz CT molecular complexity index is 945. The molecule has 0 saturated carbocycles. The Kier molecular flexibility index (Phi) is 4.83. The third-order valence-electron chi connectivity index (χ3n) is 4.06. The van der Waals surface area contributed by atoms with Gasteiger partial charge in [0.25, 0.3) is 5.91 Å². The fourth-order valence-corrected chi connectivity index (χ4v) is 4.11. The number of hydrogen-bond donors (Lipinski definition) is 2. The van der Waals surface area contributed by atoms with Crippen LogP contribution in [0, 0.1) is 22.7 Å². The van der Waals surface area contributed by atoms with E-state index < -0.39 is 5.91 Å². The van der Waals surface area contributed by atoms with E-state index in [9.17, 15) is 20.4 Å². The number of anilines is 1. The molecule has 0 fully saturated rings. The number of amides is 1. The summed E-state index contributed by atoms with van der Waals surface area (Å²) in [6.45, 7) is 0. The van der Waals surface area contributed by atoms with Crippen LogP contribution in [0.1, 0.15) is 34.4 Å². The molecule has 1 aliphatic carbocycles. The second-order valence-corrected chi connectivity index (χ2v) is 6.85. The lowest BCUT2D eigenvalue weighted by molar-refractivity contribution is -0.112. The van der Waals surface area contributed by atoms with Gasteiger partial charge < -0.3 is 10.4 Å². The van der Waals surface area contributed by atoms with Crippen LogP contribution < -0.4 is 5.32 Å². The molecule has 1 amide bonds. The molecule has 3 rings (SSSR count). The van der Waals surface area contributed by atoms with Gasteiger partial charge in [-0.25, -0.2) is 0 Å².